The summed E-state index contributed by atoms with van der Waals surface area (Å²) in [5, 5.41) is 7.87. The van der Waals surface area contributed by atoms with Gasteiger partial charge in [0.2, 0.25) is 0 Å². The third kappa shape index (κ3) is 4.78. The van der Waals surface area contributed by atoms with Gasteiger partial charge in [-0.2, -0.15) is 74.6 Å². The number of halogens is 19. The van der Waals surface area contributed by atoms with Crippen molar-refractivity contribution in [2.24, 2.45) is 0 Å². The van der Waals surface area contributed by atoms with Gasteiger partial charge in [-0.3, -0.25) is 0 Å². The summed E-state index contributed by atoms with van der Waals surface area (Å²) in [7, 11) is 0. The van der Waals surface area contributed by atoms with Crippen LogP contribution in [0.2, 0.25) is 0 Å². The maximum Gasteiger partial charge on any atom is 0.460 e. The normalized spacial score (nSPS) is 16.5. The topological polar surface area (TPSA) is 20.2 Å². The van der Waals surface area contributed by atoms with Gasteiger partial charge in [-0.15, -0.1) is 0 Å². The van der Waals surface area contributed by atoms with Crippen molar-refractivity contribution in [3.8, 4) is 0 Å². The Labute approximate surface area is 163 Å². The highest BCUT2D eigenvalue weighted by Crippen LogP contribution is 2.58. The summed E-state index contributed by atoms with van der Waals surface area (Å²) < 4.78 is 244. The van der Waals surface area contributed by atoms with Crippen LogP contribution in [-0.2, 0) is 0 Å². The number of aliphatic hydroxyl groups excluding tert-OH is 1. The van der Waals surface area contributed by atoms with Crippen molar-refractivity contribution >= 4 is 0 Å². The molecule has 0 fully saturated rings. The van der Waals surface area contributed by atoms with Gasteiger partial charge in [-0.1, -0.05) is 0 Å². The van der Waals surface area contributed by atoms with Crippen LogP contribution in [0.4, 0.5) is 83.4 Å². The lowest BCUT2D eigenvalue weighted by Crippen LogP contribution is -2.65. The van der Waals surface area contributed by atoms with Gasteiger partial charge in [0.1, 0.15) is 6.61 Å². The van der Waals surface area contributed by atoms with Crippen LogP contribution in [0.15, 0.2) is 0 Å². The zero-order chi connectivity index (χ0) is 26.6. The van der Waals surface area contributed by atoms with Crippen LogP contribution < -0.4 is 0 Å². The fraction of sp³-hybridized carbons (Fsp3) is 1.00. The molecule has 0 aliphatic carbocycles. The molecule has 0 aromatic rings. The minimum Gasteiger partial charge on any atom is -0.390 e. The largest absolute Gasteiger partial charge is 0.460 e. The quantitative estimate of drug-likeness (QED) is 0.326. The van der Waals surface area contributed by atoms with E-state index >= 15 is 0 Å². The predicted molar refractivity (Wildman–Crippen MR) is 62.0 cm³/mol. The van der Waals surface area contributed by atoms with Crippen molar-refractivity contribution in [2.75, 3.05) is 6.61 Å². The molecular weight excluding hydrogens is 521 g/mol. The third-order valence-electron chi connectivity index (χ3n) is 3.68. The highest BCUT2D eigenvalue weighted by molar-refractivity contribution is 5.07. The van der Waals surface area contributed by atoms with Crippen molar-refractivity contribution in [3.05, 3.63) is 0 Å². The Hall–Kier alpha value is -1.37. The molecule has 32 heavy (non-hydrogen) atoms. The Morgan fingerprint density at radius 1 is 0.375 bits per heavy atom. The summed E-state index contributed by atoms with van der Waals surface area (Å²) in [6.45, 7) is -3.28. The van der Waals surface area contributed by atoms with Crippen molar-refractivity contribution < 1.29 is 88.5 Å². The van der Waals surface area contributed by atoms with Gasteiger partial charge in [0.15, 0.2) is 0 Å². The molecule has 0 radical (unpaired) electrons. The highest BCUT2D eigenvalue weighted by atomic mass is 19.4. The first kappa shape index (κ1) is 30.6. The first-order valence-electron chi connectivity index (χ1n) is 7.17. The second-order valence-electron chi connectivity index (χ2n) is 6.28. The Balaban J connectivity index is 6.12. The summed E-state index contributed by atoms with van der Waals surface area (Å²) in [5.41, 5.74) is 0. The molecule has 0 amide bonds. The molecule has 0 aromatic heterocycles. The zero-order valence-electron chi connectivity index (χ0n) is 14.2. The van der Waals surface area contributed by atoms with Crippen molar-refractivity contribution in [1.82, 2.24) is 0 Å². The van der Waals surface area contributed by atoms with E-state index in [1.807, 2.05) is 0 Å². The molecule has 0 aliphatic heterocycles. The van der Waals surface area contributed by atoms with Gasteiger partial charge in [0, 0.05) is 0 Å². The lowest BCUT2D eigenvalue weighted by molar-refractivity contribution is -0.403. The minimum atomic E-state index is -7.80. The molecule has 0 saturated heterocycles. The van der Waals surface area contributed by atoms with E-state index in [2.05, 4.69) is 0 Å². The fourth-order valence-electron chi connectivity index (χ4n) is 1.90. The lowest BCUT2D eigenvalue weighted by atomic mass is 9.90. The van der Waals surface area contributed by atoms with Crippen molar-refractivity contribution in [2.45, 2.75) is 66.4 Å². The summed E-state index contributed by atoms with van der Waals surface area (Å²) >= 11 is 0. The van der Waals surface area contributed by atoms with E-state index in [1.54, 1.807) is 0 Å². The van der Waals surface area contributed by atoms with Crippen LogP contribution >= 0.6 is 0 Å². The Bertz CT molecular complexity index is 660. The molecule has 20 heteroatoms. The second kappa shape index (κ2) is 7.85. The highest BCUT2D eigenvalue weighted by Gasteiger charge is 2.84. The monoisotopic (exact) mass is 528 g/mol. The molecule has 0 rings (SSSR count). The number of hydrogen-bond acceptors (Lipinski definition) is 1. The summed E-state index contributed by atoms with van der Waals surface area (Å²) in [6, 6.07) is 0. The predicted octanol–water partition coefficient (Wildman–Crippen LogP) is 6.40. The van der Waals surface area contributed by atoms with Crippen LogP contribution in [0, 0.1) is 0 Å². The molecule has 0 atom stereocenters. The van der Waals surface area contributed by atoms with Gasteiger partial charge < -0.3 is 5.11 Å². The van der Waals surface area contributed by atoms with E-state index in [-0.39, 0.29) is 0 Å². The van der Waals surface area contributed by atoms with Crippen LogP contribution in [0.3, 0.4) is 0 Å². The summed E-state index contributed by atoms with van der Waals surface area (Å²) in [5.74, 6) is -58.0. The summed E-state index contributed by atoms with van der Waals surface area (Å²) in [6.07, 6.45) is -16.4. The number of alkyl halides is 19. The van der Waals surface area contributed by atoms with E-state index in [0.29, 0.717) is 0 Å². The van der Waals surface area contributed by atoms with E-state index in [0.717, 1.165) is 0 Å². The first-order chi connectivity index (χ1) is 13.5. The SMILES string of the molecule is OCC(F)(F)C(F)(F)C(F)(F)C(F)(F)CC(F)(F)CC(F)(F)C(F)(F)C(F)(F)C(F)(F)F. The van der Waals surface area contributed by atoms with Crippen molar-refractivity contribution in [1.29, 1.82) is 0 Å². The van der Waals surface area contributed by atoms with E-state index in [9.17, 15) is 83.4 Å². The average molecular weight is 528 g/mol. The Morgan fingerprint density at radius 2 is 0.625 bits per heavy atom. The number of hydrogen-bond donors (Lipinski definition) is 1. The Morgan fingerprint density at radius 3 is 0.875 bits per heavy atom. The molecule has 1 nitrogen and oxygen atoms in total. The number of rotatable bonds is 10. The maximum atomic E-state index is 13.3. The molecule has 0 unspecified atom stereocenters. The third-order valence-corrected chi connectivity index (χ3v) is 3.68. The van der Waals surface area contributed by atoms with Crippen molar-refractivity contribution in [3.63, 3.8) is 0 Å². The molecule has 0 aliphatic rings. The lowest BCUT2D eigenvalue weighted by Gasteiger charge is -2.38. The minimum absolute atomic E-state index is 3.28. The van der Waals surface area contributed by atoms with Crippen LogP contribution in [0.1, 0.15) is 12.8 Å². The second-order valence-corrected chi connectivity index (χ2v) is 6.28. The molecule has 0 bridgehead atoms. The standard InChI is InChI=1S/C12H7F19O/c13-4(14,2-6(17,18)9(23,24)11(27,28)12(29,30)31)1-5(15,16)8(21,22)10(25,26)7(19,20)3-32/h32H,1-3H2. The fourth-order valence-corrected chi connectivity index (χ4v) is 1.90. The van der Waals surface area contributed by atoms with Crippen LogP contribution in [0.25, 0.3) is 0 Å². The van der Waals surface area contributed by atoms with Gasteiger partial charge in [-0.25, -0.2) is 8.78 Å². The average Bonchev–Trinajstić information content (AvgIpc) is 2.50. The molecule has 0 aromatic carbocycles. The number of aliphatic hydroxyl groups is 1. The van der Waals surface area contributed by atoms with Gasteiger partial charge in [0.25, 0.3) is 5.92 Å². The van der Waals surface area contributed by atoms with Gasteiger partial charge in [-0.05, 0) is 0 Å². The van der Waals surface area contributed by atoms with Gasteiger partial charge in [0.05, 0.1) is 12.8 Å². The van der Waals surface area contributed by atoms with Gasteiger partial charge >= 0.3 is 47.6 Å². The van der Waals surface area contributed by atoms with Crippen LogP contribution in [0.5, 0.6) is 0 Å². The first-order valence-corrected chi connectivity index (χ1v) is 7.17. The van der Waals surface area contributed by atoms with E-state index in [4.69, 9.17) is 5.11 Å². The smallest absolute Gasteiger partial charge is 0.390 e. The molecular formula is C12H7F19O. The molecule has 1 N–H and O–H groups in total. The molecule has 0 heterocycles. The van der Waals surface area contributed by atoms with E-state index < -0.39 is 73.0 Å². The van der Waals surface area contributed by atoms with E-state index in [1.165, 1.54) is 0 Å². The zero-order valence-corrected chi connectivity index (χ0v) is 14.2. The molecule has 194 valence electrons. The maximum absolute atomic E-state index is 13.3. The summed E-state index contributed by atoms with van der Waals surface area (Å²) in [4.78, 5) is 0. The Kier molecular flexibility index (Phi) is 7.51. The molecule has 0 spiro atoms. The van der Waals surface area contributed by atoms with Crippen LogP contribution in [-0.4, -0.2) is 65.3 Å². The molecule has 0 saturated carbocycles.